The van der Waals surface area contributed by atoms with E-state index in [4.69, 9.17) is 18.9 Å². The van der Waals surface area contributed by atoms with Crippen LogP contribution >= 0.6 is 0 Å². The summed E-state index contributed by atoms with van der Waals surface area (Å²) in [5.74, 6) is 3.83. The van der Waals surface area contributed by atoms with Gasteiger partial charge >= 0.3 is 0 Å². The minimum atomic E-state index is 0.546. The number of methoxy groups -OCH3 is 4. The minimum absolute atomic E-state index is 0.546. The van der Waals surface area contributed by atoms with Gasteiger partial charge in [-0.05, 0) is 134 Å². The van der Waals surface area contributed by atoms with E-state index in [0.717, 1.165) is 70.1 Å². The molecule has 6 aromatic carbocycles. The van der Waals surface area contributed by atoms with E-state index >= 15 is 0 Å². The van der Waals surface area contributed by atoms with Crippen molar-refractivity contribution in [3.63, 3.8) is 0 Å². The van der Waals surface area contributed by atoms with Gasteiger partial charge in [0.15, 0.2) is 0 Å². The van der Waals surface area contributed by atoms with Crippen molar-refractivity contribution in [3.05, 3.63) is 133 Å². The van der Waals surface area contributed by atoms with Crippen molar-refractivity contribution in [1.82, 2.24) is 4.57 Å². The highest BCUT2D eigenvalue weighted by Gasteiger charge is 2.21. The van der Waals surface area contributed by atoms with E-state index in [2.05, 4.69) is 113 Å². The highest BCUT2D eigenvalue weighted by atomic mass is 16.5. The van der Waals surface area contributed by atoms with E-state index in [1.165, 1.54) is 41.1 Å². The number of hydrogen-bond acceptors (Lipinski definition) is 6. The topological polar surface area (TPSA) is 48.3 Å². The molecule has 0 aliphatic rings. The van der Waals surface area contributed by atoms with Crippen LogP contribution in [0, 0.1) is 5.92 Å². The zero-order valence-corrected chi connectivity index (χ0v) is 32.8. The van der Waals surface area contributed by atoms with Crippen molar-refractivity contribution in [2.45, 2.75) is 46.1 Å². The molecule has 0 spiro atoms. The third kappa shape index (κ3) is 7.79. The molecular formula is C48H51N3O4. The first-order chi connectivity index (χ1) is 27.0. The highest BCUT2D eigenvalue weighted by Crippen LogP contribution is 2.43. The molecule has 1 aromatic heterocycles. The Kier molecular flexibility index (Phi) is 11.5. The van der Waals surface area contributed by atoms with Crippen molar-refractivity contribution in [2.24, 2.45) is 5.92 Å². The summed E-state index contributed by atoms with van der Waals surface area (Å²) < 4.78 is 24.7. The Morgan fingerprint density at radius 3 is 1.07 bits per heavy atom. The van der Waals surface area contributed by atoms with Gasteiger partial charge in [0.25, 0.3) is 0 Å². The summed E-state index contributed by atoms with van der Waals surface area (Å²) in [6.45, 7) is 5.54. The van der Waals surface area contributed by atoms with E-state index in [-0.39, 0.29) is 0 Å². The molecule has 7 aromatic rings. The van der Waals surface area contributed by atoms with E-state index < -0.39 is 0 Å². The largest absolute Gasteiger partial charge is 0.497 e. The van der Waals surface area contributed by atoms with Gasteiger partial charge < -0.3 is 33.3 Å². The maximum Gasteiger partial charge on any atom is 0.119 e. The first kappa shape index (κ1) is 37.2. The molecule has 0 fully saturated rings. The van der Waals surface area contributed by atoms with Gasteiger partial charge in [0.2, 0.25) is 0 Å². The first-order valence-electron chi connectivity index (χ1n) is 19.2. The van der Waals surface area contributed by atoms with Crippen LogP contribution in [0.2, 0.25) is 0 Å². The number of benzene rings is 6. The van der Waals surface area contributed by atoms with Crippen molar-refractivity contribution in [2.75, 3.05) is 38.2 Å². The molecule has 1 atom stereocenters. The van der Waals surface area contributed by atoms with Gasteiger partial charge in [-0.1, -0.05) is 45.2 Å². The molecule has 282 valence electrons. The second kappa shape index (κ2) is 16.9. The average molecular weight is 734 g/mol. The molecular weight excluding hydrogens is 683 g/mol. The third-order valence-corrected chi connectivity index (χ3v) is 10.7. The Morgan fingerprint density at radius 1 is 0.455 bits per heavy atom. The lowest BCUT2D eigenvalue weighted by Crippen LogP contribution is -2.12. The molecule has 1 unspecified atom stereocenters. The first-order valence-corrected chi connectivity index (χ1v) is 19.2. The molecule has 0 aliphatic carbocycles. The number of ether oxygens (including phenoxy) is 4. The van der Waals surface area contributed by atoms with Crippen molar-refractivity contribution in [3.8, 4) is 23.0 Å². The standard InChI is InChI=1S/C48H51N3O4/c1-7-9-10-34(8-2)33-49-47-31-39(50(35-11-21-41(52-3)22-12-35)36-13-23-42(53-4)24-14-36)19-29-45(47)46-30-20-40(32-48(46)49)51(37-15-25-43(54-5)26-16-37)38-17-27-44(55-6)28-18-38/h11-32,34H,7-10,33H2,1-6H3. The predicted molar refractivity (Wildman–Crippen MR) is 228 cm³/mol. The summed E-state index contributed by atoms with van der Waals surface area (Å²) in [4.78, 5) is 4.60. The summed E-state index contributed by atoms with van der Waals surface area (Å²) >= 11 is 0. The number of fused-ring (bicyclic) bond motifs is 3. The molecule has 0 bridgehead atoms. The normalized spacial score (nSPS) is 11.7. The van der Waals surface area contributed by atoms with Crippen molar-refractivity contribution < 1.29 is 18.9 Å². The van der Waals surface area contributed by atoms with Crippen LogP contribution in [0.5, 0.6) is 23.0 Å². The van der Waals surface area contributed by atoms with E-state index in [0.29, 0.717) is 5.92 Å². The van der Waals surface area contributed by atoms with E-state index in [1.54, 1.807) is 28.4 Å². The summed E-state index contributed by atoms with van der Waals surface area (Å²) in [5, 5.41) is 2.47. The molecule has 0 saturated carbocycles. The molecule has 7 rings (SSSR count). The molecule has 55 heavy (non-hydrogen) atoms. The van der Waals surface area contributed by atoms with E-state index in [1.807, 2.05) is 48.5 Å². The lowest BCUT2D eigenvalue weighted by atomic mass is 9.99. The Bertz CT molecular complexity index is 2060. The second-order valence-electron chi connectivity index (χ2n) is 13.9. The second-order valence-corrected chi connectivity index (χ2v) is 13.9. The molecule has 0 amide bonds. The SMILES string of the molecule is CCCCC(CC)Cn1c2cc(N(c3ccc(OC)cc3)c3ccc(OC)cc3)ccc2c2ccc(N(c3ccc(OC)cc3)c3ccc(OC)cc3)cc21. The fourth-order valence-electron chi connectivity index (χ4n) is 7.54. The zero-order valence-electron chi connectivity index (χ0n) is 32.8. The monoisotopic (exact) mass is 733 g/mol. The fourth-order valence-corrected chi connectivity index (χ4v) is 7.54. The Labute approximate surface area is 325 Å². The van der Waals surface area contributed by atoms with Crippen LogP contribution in [0.25, 0.3) is 21.8 Å². The minimum Gasteiger partial charge on any atom is -0.497 e. The van der Waals surface area contributed by atoms with Gasteiger partial charge in [-0.25, -0.2) is 0 Å². The molecule has 7 heteroatoms. The summed E-state index contributed by atoms with van der Waals surface area (Å²) in [6, 6.07) is 46.8. The van der Waals surface area contributed by atoms with Gasteiger partial charge in [0, 0.05) is 51.4 Å². The van der Waals surface area contributed by atoms with Crippen LogP contribution in [0.15, 0.2) is 133 Å². The third-order valence-electron chi connectivity index (χ3n) is 10.7. The van der Waals surface area contributed by atoms with Gasteiger partial charge in [-0.3, -0.25) is 0 Å². The number of nitrogens with zero attached hydrogens (tertiary/aromatic N) is 3. The van der Waals surface area contributed by atoms with Crippen LogP contribution in [0.4, 0.5) is 34.1 Å². The quantitative estimate of drug-likeness (QED) is 0.0985. The maximum absolute atomic E-state index is 5.52. The molecule has 0 radical (unpaired) electrons. The van der Waals surface area contributed by atoms with Crippen LogP contribution in [0.1, 0.15) is 39.5 Å². The van der Waals surface area contributed by atoms with Crippen LogP contribution in [0.3, 0.4) is 0 Å². The maximum atomic E-state index is 5.52. The lowest BCUT2D eigenvalue weighted by Gasteiger charge is -2.26. The molecule has 7 nitrogen and oxygen atoms in total. The fraction of sp³-hybridized carbons (Fsp3) is 0.250. The Balaban J connectivity index is 1.43. The summed E-state index contributed by atoms with van der Waals surface area (Å²) in [7, 11) is 6.80. The van der Waals surface area contributed by atoms with Gasteiger partial charge in [0.05, 0.1) is 39.5 Å². The summed E-state index contributed by atoms with van der Waals surface area (Å²) in [6.07, 6.45) is 4.72. The van der Waals surface area contributed by atoms with Crippen molar-refractivity contribution in [1.29, 1.82) is 0 Å². The zero-order chi connectivity index (χ0) is 38.3. The number of aromatic nitrogens is 1. The predicted octanol–water partition coefficient (Wildman–Crippen LogP) is 13.0. The van der Waals surface area contributed by atoms with Crippen LogP contribution < -0.4 is 28.7 Å². The summed E-state index contributed by atoms with van der Waals surface area (Å²) in [5.41, 5.74) is 8.75. The number of anilines is 6. The number of rotatable bonds is 16. The molecule has 0 N–H and O–H groups in total. The highest BCUT2D eigenvalue weighted by molar-refractivity contribution is 6.10. The van der Waals surface area contributed by atoms with Gasteiger partial charge in [0.1, 0.15) is 23.0 Å². The lowest BCUT2D eigenvalue weighted by molar-refractivity contribution is 0.401. The molecule has 1 heterocycles. The Morgan fingerprint density at radius 2 is 0.782 bits per heavy atom. The van der Waals surface area contributed by atoms with Crippen LogP contribution in [-0.4, -0.2) is 33.0 Å². The molecule has 0 aliphatic heterocycles. The number of unbranched alkanes of at least 4 members (excludes halogenated alkanes) is 1. The Hall–Kier alpha value is -6.08. The van der Waals surface area contributed by atoms with Crippen LogP contribution in [-0.2, 0) is 6.54 Å². The number of hydrogen-bond donors (Lipinski definition) is 0. The van der Waals surface area contributed by atoms with Gasteiger partial charge in [-0.2, -0.15) is 0 Å². The van der Waals surface area contributed by atoms with Crippen molar-refractivity contribution >= 4 is 55.9 Å². The smallest absolute Gasteiger partial charge is 0.119 e. The average Bonchev–Trinajstić information content (AvgIpc) is 3.55. The molecule has 0 saturated heterocycles. The van der Waals surface area contributed by atoms with E-state index in [9.17, 15) is 0 Å². The van der Waals surface area contributed by atoms with Gasteiger partial charge in [-0.15, -0.1) is 0 Å².